The van der Waals surface area contributed by atoms with Gasteiger partial charge in [0.25, 0.3) is 0 Å². The van der Waals surface area contributed by atoms with Crippen LogP contribution in [-0.2, 0) is 5.54 Å². The maximum Gasteiger partial charge on any atom is 0.0456 e. The Morgan fingerprint density at radius 3 is 2.18 bits per heavy atom. The minimum Gasteiger partial charge on any atom is -0.314 e. The van der Waals surface area contributed by atoms with Gasteiger partial charge in [0.2, 0.25) is 0 Å². The molecule has 0 radical (unpaired) electrons. The molecule has 1 aromatic carbocycles. The van der Waals surface area contributed by atoms with Gasteiger partial charge in [0.15, 0.2) is 0 Å². The van der Waals surface area contributed by atoms with E-state index in [0.717, 1.165) is 26.2 Å². The lowest BCUT2D eigenvalue weighted by Gasteiger charge is -2.45. The van der Waals surface area contributed by atoms with Gasteiger partial charge in [0, 0.05) is 31.7 Å². The first kappa shape index (κ1) is 12.6. The Kier molecular flexibility index (Phi) is 4.19. The summed E-state index contributed by atoms with van der Waals surface area (Å²) in [5, 5.41) is 3.44. The molecule has 1 aliphatic heterocycles. The fourth-order valence-corrected chi connectivity index (χ4v) is 3.13. The number of nitrogens with zero attached hydrogens (tertiary/aromatic N) is 1. The lowest BCUT2D eigenvalue weighted by molar-refractivity contribution is 0.0623. The predicted octanol–water partition coefficient (Wildman–Crippen LogP) is 2.61. The monoisotopic (exact) mass is 232 g/mol. The molecule has 0 aliphatic carbocycles. The van der Waals surface area contributed by atoms with Crippen LogP contribution in [0.1, 0.15) is 32.3 Å². The van der Waals surface area contributed by atoms with Crippen LogP contribution in [0.15, 0.2) is 30.3 Å². The Labute approximate surface area is 105 Å². The van der Waals surface area contributed by atoms with Gasteiger partial charge in [-0.1, -0.05) is 44.2 Å². The van der Waals surface area contributed by atoms with Crippen LogP contribution >= 0.6 is 0 Å². The fourth-order valence-electron chi connectivity index (χ4n) is 3.13. The summed E-state index contributed by atoms with van der Waals surface area (Å²) in [4.78, 5) is 2.67. The summed E-state index contributed by atoms with van der Waals surface area (Å²) in [5.74, 6) is 0. The number of hydrogen-bond donors (Lipinski definition) is 1. The molecule has 1 N–H and O–H groups in total. The van der Waals surface area contributed by atoms with E-state index in [1.165, 1.54) is 18.4 Å². The second-order valence-corrected chi connectivity index (χ2v) is 4.84. The largest absolute Gasteiger partial charge is 0.314 e. The standard InChI is InChI=1S/C15H24N2/c1-3-15(4-2,14-8-6-5-7-9-14)17-12-10-16-11-13-17/h5-9,16H,3-4,10-13H2,1-2H3. The van der Waals surface area contributed by atoms with E-state index in [0.29, 0.717) is 0 Å². The molecule has 0 spiro atoms. The van der Waals surface area contributed by atoms with Crippen molar-refractivity contribution in [2.24, 2.45) is 0 Å². The lowest BCUT2D eigenvalue weighted by atomic mass is 9.82. The molecule has 2 rings (SSSR count). The van der Waals surface area contributed by atoms with Gasteiger partial charge in [0.1, 0.15) is 0 Å². The summed E-state index contributed by atoms with van der Waals surface area (Å²) in [6, 6.07) is 11.0. The zero-order valence-corrected chi connectivity index (χ0v) is 11.1. The Hall–Kier alpha value is -0.860. The van der Waals surface area contributed by atoms with Gasteiger partial charge in [-0.25, -0.2) is 0 Å². The quantitative estimate of drug-likeness (QED) is 0.858. The number of rotatable bonds is 4. The predicted molar refractivity (Wildman–Crippen MR) is 73.1 cm³/mol. The van der Waals surface area contributed by atoms with Crippen LogP contribution in [0.5, 0.6) is 0 Å². The topological polar surface area (TPSA) is 15.3 Å². The summed E-state index contributed by atoms with van der Waals surface area (Å²) in [5.41, 5.74) is 1.72. The molecule has 0 atom stereocenters. The molecule has 0 amide bonds. The van der Waals surface area contributed by atoms with E-state index in [1.807, 2.05) is 0 Å². The van der Waals surface area contributed by atoms with Crippen molar-refractivity contribution in [1.82, 2.24) is 10.2 Å². The third kappa shape index (κ3) is 2.38. The molecule has 0 bridgehead atoms. The minimum atomic E-state index is 0.239. The lowest BCUT2D eigenvalue weighted by Crippen LogP contribution is -2.54. The zero-order chi connectivity index (χ0) is 12.1. The highest BCUT2D eigenvalue weighted by atomic mass is 15.2. The van der Waals surface area contributed by atoms with E-state index in [1.54, 1.807) is 0 Å². The third-order valence-electron chi connectivity index (χ3n) is 4.20. The van der Waals surface area contributed by atoms with Crippen molar-refractivity contribution in [2.45, 2.75) is 32.2 Å². The molecular weight excluding hydrogens is 208 g/mol. The second-order valence-electron chi connectivity index (χ2n) is 4.84. The highest BCUT2D eigenvalue weighted by Crippen LogP contribution is 2.35. The van der Waals surface area contributed by atoms with Crippen molar-refractivity contribution in [3.05, 3.63) is 35.9 Å². The summed E-state index contributed by atoms with van der Waals surface area (Å²) in [6.45, 7) is 9.20. The molecule has 17 heavy (non-hydrogen) atoms. The van der Waals surface area contributed by atoms with Crippen molar-refractivity contribution in [3.8, 4) is 0 Å². The molecule has 2 nitrogen and oxygen atoms in total. The molecule has 94 valence electrons. The van der Waals surface area contributed by atoms with Crippen LogP contribution < -0.4 is 5.32 Å². The van der Waals surface area contributed by atoms with Gasteiger partial charge < -0.3 is 5.32 Å². The molecule has 1 aliphatic rings. The molecule has 0 unspecified atom stereocenters. The van der Waals surface area contributed by atoms with Crippen LogP contribution in [0.3, 0.4) is 0 Å². The molecule has 1 heterocycles. The molecule has 0 saturated carbocycles. The van der Waals surface area contributed by atoms with Crippen molar-refractivity contribution in [1.29, 1.82) is 0 Å². The smallest absolute Gasteiger partial charge is 0.0456 e. The number of benzene rings is 1. The van der Waals surface area contributed by atoms with Gasteiger partial charge in [-0.3, -0.25) is 4.90 Å². The Balaban J connectivity index is 2.30. The highest BCUT2D eigenvalue weighted by Gasteiger charge is 2.35. The normalized spacial score (nSPS) is 18.2. The maximum atomic E-state index is 3.44. The Morgan fingerprint density at radius 1 is 1.06 bits per heavy atom. The van der Waals surface area contributed by atoms with Gasteiger partial charge in [-0.2, -0.15) is 0 Å². The van der Waals surface area contributed by atoms with Gasteiger partial charge in [0.05, 0.1) is 0 Å². The first-order valence-electron chi connectivity index (χ1n) is 6.85. The summed E-state index contributed by atoms with van der Waals surface area (Å²) in [7, 11) is 0. The van der Waals surface area contributed by atoms with Gasteiger partial charge >= 0.3 is 0 Å². The SMILES string of the molecule is CCC(CC)(c1ccccc1)N1CCNCC1. The highest BCUT2D eigenvalue weighted by molar-refractivity contribution is 5.24. The zero-order valence-electron chi connectivity index (χ0n) is 11.1. The first-order valence-corrected chi connectivity index (χ1v) is 6.85. The minimum absolute atomic E-state index is 0.239. The molecule has 2 heteroatoms. The first-order chi connectivity index (χ1) is 8.33. The summed E-state index contributed by atoms with van der Waals surface area (Å²) in [6.07, 6.45) is 2.38. The molecule has 1 aromatic rings. The van der Waals surface area contributed by atoms with E-state index < -0.39 is 0 Å². The molecule has 1 saturated heterocycles. The number of piperazine rings is 1. The van der Waals surface area contributed by atoms with Crippen LogP contribution in [-0.4, -0.2) is 31.1 Å². The average molecular weight is 232 g/mol. The Morgan fingerprint density at radius 2 is 1.65 bits per heavy atom. The van der Waals surface area contributed by atoms with Crippen molar-refractivity contribution in [3.63, 3.8) is 0 Å². The molecule has 1 fully saturated rings. The third-order valence-corrected chi connectivity index (χ3v) is 4.20. The van der Waals surface area contributed by atoms with E-state index in [9.17, 15) is 0 Å². The van der Waals surface area contributed by atoms with E-state index >= 15 is 0 Å². The van der Waals surface area contributed by atoms with E-state index in [-0.39, 0.29) is 5.54 Å². The fraction of sp³-hybridized carbons (Fsp3) is 0.600. The molecule has 0 aromatic heterocycles. The van der Waals surface area contributed by atoms with Crippen LogP contribution in [0.25, 0.3) is 0 Å². The van der Waals surface area contributed by atoms with Crippen molar-refractivity contribution in [2.75, 3.05) is 26.2 Å². The van der Waals surface area contributed by atoms with Crippen LogP contribution in [0.4, 0.5) is 0 Å². The average Bonchev–Trinajstić information content (AvgIpc) is 2.43. The summed E-state index contributed by atoms with van der Waals surface area (Å²) < 4.78 is 0. The number of nitrogens with one attached hydrogen (secondary N) is 1. The van der Waals surface area contributed by atoms with Gasteiger partial charge in [-0.05, 0) is 18.4 Å². The van der Waals surface area contributed by atoms with Crippen LogP contribution in [0, 0.1) is 0 Å². The van der Waals surface area contributed by atoms with Crippen LogP contribution in [0.2, 0.25) is 0 Å². The van der Waals surface area contributed by atoms with Crippen molar-refractivity contribution >= 4 is 0 Å². The Bertz CT molecular complexity index is 324. The number of hydrogen-bond acceptors (Lipinski definition) is 2. The van der Waals surface area contributed by atoms with Crippen molar-refractivity contribution < 1.29 is 0 Å². The summed E-state index contributed by atoms with van der Waals surface area (Å²) >= 11 is 0. The van der Waals surface area contributed by atoms with E-state index in [4.69, 9.17) is 0 Å². The second kappa shape index (κ2) is 5.65. The van der Waals surface area contributed by atoms with Gasteiger partial charge in [-0.15, -0.1) is 0 Å². The van der Waals surface area contributed by atoms with E-state index in [2.05, 4.69) is 54.4 Å². The maximum absolute atomic E-state index is 3.44. The molecular formula is C15H24N2.